The fourth-order valence-corrected chi connectivity index (χ4v) is 2.47. The highest BCUT2D eigenvalue weighted by Crippen LogP contribution is 2.26. The Balaban J connectivity index is 2.18. The van der Waals surface area contributed by atoms with Gasteiger partial charge in [0.05, 0.1) is 7.11 Å². The Morgan fingerprint density at radius 2 is 2.05 bits per heavy atom. The first-order chi connectivity index (χ1) is 10.8. The van der Waals surface area contributed by atoms with Gasteiger partial charge < -0.3 is 4.74 Å². The molecule has 116 valence electrons. The van der Waals surface area contributed by atoms with Crippen LogP contribution in [-0.4, -0.2) is 22.1 Å². The molecule has 22 heavy (non-hydrogen) atoms. The summed E-state index contributed by atoms with van der Waals surface area (Å²) in [5.41, 5.74) is 2.05. The Morgan fingerprint density at radius 1 is 1.23 bits per heavy atom. The number of aromatic nitrogens is 3. The van der Waals surface area contributed by atoms with Gasteiger partial charge in [-0.1, -0.05) is 50.0 Å². The standard InChI is InChI=1S/C17H22N4O/c1-3-4-5-6-7-11-21-17(16(13-18)19-20-21)14-9-8-10-15(12-14)22-2/h8-10,12H,3-7,11H2,1-2H3. The number of rotatable bonds is 8. The molecule has 0 bridgehead atoms. The van der Waals surface area contributed by atoms with E-state index >= 15 is 0 Å². The molecule has 0 unspecified atom stereocenters. The number of benzene rings is 1. The average molecular weight is 298 g/mol. The monoisotopic (exact) mass is 298 g/mol. The summed E-state index contributed by atoms with van der Waals surface area (Å²) in [7, 11) is 1.63. The maximum atomic E-state index is 9.26. The summed E-state index contributed by atoms with van der Waals surface area (Å²) in [6, 6.07) is 9.79. The summed E-state index contributed by atoms with van der Waals surface area (Å²) in [5.74, 6) is 0.761. The van der Waals surface area contributed by atoms with Gasteiger partial charge in [-0.25, -0.2) is 4.68 Å². The Hall–Kier alpha value is -2.35. The predicted octanol–water partition coefficient (Wildman–Crippen LogP) is 3.80. The van der Waals surface area contributed by atoms with Gasteiger partial charge in [-0.05, 0) is 18.6 Å². The Bertz CT molecular complexity index is 642. The molecule has 0 aliphatic carbocycles. The lowest BCUT2D eigenvalue weighted by molar-refractivity contribution is 0.415. The molecule has 1 aromatic carbocycles. The van der Waals surface area contributed by atoms with Crippen LogP contribution in [0, 0.1) is 11.3 Å². The molecule has 0 amide bonds. The molecule has 5 heteroatoms. The van der Waals surface area contributed by atoms with Crippen LogP contribution < -0.4 is 4.74 Å². The van der Waals surface area contributed by atoms with Crippen LogP contribution in [0.5, 0.6) is 5.75 Å². The summed E-state index contributed by atoms with van der Waals surface area (Å²) in [4.78, 5) is 0. The van der Waals surface area contributed by atoms with Crippen LogP contribution in [0.2, 0.25) is 0 Å². The predicted molar refractivity (Wildman–Crippen MR) is 85.5 cm³/mol. The topological polar surface area (TPSA) is 63.7 Å². The number of methoxy groups -OCH3 is 1. The van der Waals surface area contributed by atoms with E-state index in [1.165, 1.54) is 25.7 Å². The zero-order chi connectivity index (χ0) is 15.8. The van der Waals surface area contributed by atoms with E-state index in [4.69, 9.17) is 4.74 Å². The van der Waals surface area contributed by atoms with Crippen LogP contribution in [0.15, 0.2) is 24.3 Å². The lowest BCUT2D eigenvalue weighted by atomic mass is 10.1. The maximum absolute atomic E-state index is 9.26. The number of aryl methyl sites for hydroxylation is 1. The third-order valence-corrected chi connectivity index (χ3v) is 3.66. The van der Waals surface area contributed by atoms with Crippen LogP contribution in [0.1, 0.15) is 44.7 Å². The smallest absolute Gasteiger partial charge is 0.190 e. The van der Waals surface area contributed by atoms with Crippen LogP contribution in [-0.2, 0) is 6.54 Å². The van der Waals surface area contributed by atoms with Crippen molar-refractivity contribution in [3.63, 3.8) is 0 Å². The lowest BCUT2D eigenvalue weighted by Gasteiger charge is -2.08. The lowest BCUT2D eigenvalue weighted by Crippen LogP contribution is -2.03. The van der Waals surface area contributed by atoms with Crippen molar-refractivity contribution in [1.29, 1.82) is 5.26 Å². The molecule has 1 aromatic heterocycles. The molecule has 1 heterocycles. The van der Waals surface area contributed by atoms with E-state index in [0.29, 0.717) is 5.69 Å². The van der Waals surface area contributed by atoms with Crippen LogP contribution in [0.25, 0.3) is 11.3 Å². The van der Waals surface area contributed by atoms with Crippen molar-refractivity contribution in [1.82, 2.24) is 15.0 Å². The summed E-state index contributed by atoms with van der Waals surface area (Å²) in [5, 5.41) is 17.4. The van der Waals surface area contributed by atoms with Gasteiger partial charge in [0.15, 0.2) is 5.69 Å². The molecule has 2 rings (SSSR count). The summed E-state index contributed by atoms with van der Waals surface area (Å²) in [6.07, 6.45) is 5.96. The van der Waals surface area contributed by atoms with Crippen molar-refractivity contribution in [2.75, 3.05) is 7.11 Å². The van der Waals surface area contributed by atoms with Crippen molar-refractivity contribution in [3.8, 4) is 23.1 Å². The average Bonchev–Trinajstić information content (AvgIpc) is 2.97. The molecule has 5 nitrogen and oxygen atoms in total. The van der Waals surface area contributed by atoms with Crippen LogP contribution in [0.3, 0.4) is 0 Å². The second kappa shape index (κ2) is 8.18. The van der Waals surface area contributed by atoms with Gasteiger partial charge in [0, 0.05) is 12.1 Å². The number of ether oxygens (including phenoxy) is 1. The van der Waals surface area contributed by atoms with Gasteiger partial charge in [-0.3, -0.25) is 0 Å². The normalized spacial score (nSPS) is 10.4. The van der Waals surface area contributed by atoms with Crippen LogP contribution >= 0.6 is 0 Å². The summed E-state index contributed by atoms with van der Waals surface area (Å²) < 4.78 is 7.09. The summed E-state index contributed by atoms with van der Waals surface area (Å²) >= 11 is 0. The van der Waals surface area contributed by atoms with E-state index < -0.39 is 0 Å². The Labute approximate surface area is 131 Å². The highest BCUT2D eigenvalue weighted by molar-refractivity contribution is 5.66. The molecular formula is C17H22N4O. The van der Waals surface area contributed by atoms with Crippen molar-refractivity contribution in [2.24, 2.45) is 0 Å². The zero-order valence-electron chi connectivity index (χ0n) is 13.2. The quantitative estimate of drug-likeness (QED) is 0.695. The third kappa shape index (κ3) is 3.85. The van der Waals surface area contributed by atoms with E-state index in [2.05, 4.69) is 23.3 Å². The molecule has 0 atom stereocenters. The number of nitrogens with zero attached hydrogens (tertiary/aromatic N) is 4. The first-order valence-electron chi connectivity index (χ1n) is 7.78. The van der Waals surface area contributed by atoms with Crippen molar-refractivity contribution < 1.29 is 4.74 Å². The number of nitriles is 1. The second-order valence-corrected chi connectivity index (χ2v) is 5.27. The third-order valence-electron chi connectivity index (χ3n) is 3.66. The Kier molecular flexibility index (Phi) is 5.96. The highest BCUT2D eigenvalue weighted by atomic mass is 16.5. The Morgan fingerprint density at radius 3 is 2.77 bits per heavy atom. The highest BCUT2D eigenvalue weighted by Gasteiger charge is 2.15. The van der Waals surface area contributed by atoms with Crippen molar-refractivity contribution >= 4 is 0 Å². The molecular weight excluding hydrogens is 276 g/mol. The van der Waals surface area contributed by atoms with Gasteiger partial charge >= 0.3 is 0 Å². The van der Waals surface area contributed by atoms with E-state index in [-0.39, 0.29) is 0 Å². The van der Waals surface area contributed by atoms with Gasteiger partial charge in [0.25, 0.3) is 0 Å². The number of hydrogen-bond acceptors (Lipinski definition) is 4. The number of unbranched alkanes of at least 4 members (excludes halogenated alkanes) is 4. The molecule has 0 aliphatic heterocycles. The molecule has 0 saturated heterocycles. The van der Waals surface area contributed by atoms with Gasteiger partial charge in [-0.2, -0.15) is 5.26 Å². The molecule has 0 fully saturated rings. The van der Waals surface area contributed by atoms with E-state index in [1.807, 2.05) is 28.9 Å². The van der Waals surface area contributed by atoms with Gasteiger partial charge in [-0.15, -0.1) is 5.10 Å². The molecule has 0 radical (unpaired) electrons. The van der Waals surface area contributed by atoms with Gasteiger partial charge in [0.2, 0.25) is 0 Å². The van der Waals surface area contributed by atoms with Crippen LogP contribution in [0.4, 0.5) is 0 Å². The second-order valence-electron chi connectivity index (χ2n) is 5.27. The fourth-order valence-electron chi connectivity index (χ4n) is 2.47. The molecule has 0 aliphatic rings. The minimum Gasteiger partial charge on any atom is -0.497 e. The molecule has 0 saturated carbocycles. The van der Waals surface area contributed by atoms with E-state index in [0.717, 1.165) is 30.0 Å². The largest absolute Gasteiger partial charge is 0.497 e. The zero-order valence-corrected chi connectivity index (χ0v) is 13.2. The minimum absolute atomic E-state index is 0.363. The van der Waals surface area contributed by atoms with Gasteiger partial charge in [0.1, 0.15) is 17.5 Å². The fraction of sp³-hybridized carbons (Fsp3) is 0.471. The molecule has 0 spiro atoms. The van der Waals surface area contributed by atoms with Crippen molar-refractivity contribution in [3.05, 3.63) is 30.0 Å². The minimum atomic E-state index is 0.363. The maximum Gasteiger partial charge on any atom is 0.190 e. The van der Waals surface area contributed by atoms with E-state index in [9.17, 15) is 5.26 Å². The molecule has 2 aromatic rings. The first-order valence-corrected chi connectivity index (χ1v) is 7.78. The molecule has 0 N–H and O–H groups in total. The summed E-state index contributed by atoms with van der Waals surface area (Å²) in [6.45, 7) is 2.99. The first kappa shape index (κ1) is 16.0. The van der Waals surface area contributed by atoms with Crippen molar-refractivity contribution in [2.45, 2.75) is 45.6 Å². The van der Waals surface area contributed by atoms with E-state index in [1.54, 1.807) is 7.11 Å². The number of hydrogen-bond donors (Lipinski definition) is 0. The SMILES string of the molecule is CCCCCCCn1nnc(C#N)c1-c1cccc(OC)c1.